The van der Waals surface area contributed by atoms with E-state index < -0.39 is 20.0 Å². The maximum Gasteiger partial charge on any atom is 0.293 e. The molecule has 2 heterocycles. The lowest BCUT2D eigenvalue weighted by Crippen LogP contribution is -2.29. The van der Waals surface area contributed by atoms with Crippen LogP contribution in [0.25, 0.3) is 0 Å². The van der Waals surface area contributed by atoms with Crippen LogP contribution in [-0.4, -0.2) is 57.9 Å². The van der Waals surface area contributed by atoms with Gasteiger partial charge in [0.15, 0.2) is 0 Å². The van der Waals surface area contributed by atoms with E-state index in [0.29, 0.717) is 17.7 Å². The molecule has 152 valence electrons. The molecule has 0 radical (unpaired) electrons. The molecule has 3 rings (SSSR count). The van der Waals surface area contributed by atoms with Gasteiger partial charge in [-0.1, -0.05) is 18.3 Å². The number of nitrogens with one attached hydrogen (secondary N) is 1. The van der Waals surface area contributed by atoms with Crippen molar-refractivity contribution in [2.24, 2.45) is 0 Å². The normalized spacial score (nSPS) is 14.4. The molecule has 0 spiro atoms. The molecule has 2 aromatic rings. The zero-order chi connectivity index (χ0) is 20.7. The first-order valence-electron chi connectivity index (χ1n) is 8.29. The van der Waals surface area contributed by atoms with Gasteiger partial charge in [0.1, 0.15) is 0 Å². The quantitative estimate of drug-likeness (QED) is 0.654. The summed E-state index contributed by atoms with van der Waals surface area (Å²) in [4.78, 5) is 11.5. The summed E-state index contributed by atoms with van der Waals surface area (Å²) >= 11 is 0.770. The highest BCUT2D eigenvalue weighted by molar-refractivity contribution is 7.94. The van der Waals surface area contributed by atoms with Crippen LogP contribution in [-0.2, 0) is 31.3 Å². The van der Waals surface area contributed by atoms with Gasteiger partial charge >= 0.3 is 0 Å². The molecule has 1 aliphatic rings. The summed E-state index contributed by atoms with van der Waals surface area (Å²) in [7, 11) is -4.71. The molecule has 0 fully saturated rings. The van der Waals surface area contributed by atoms with Gasteiger partial charge in [0.05, 0.1) is 10.6 Å². The van der Waals surface area contributed by atoms with Gasteiger partial charge in [0, 0.05) is 27.1 Å². The first kappa shape index (κ1) is 20.6. The Labute approximate surface area is 167 Å². The van der Waals surface area contributed by atoms with Crippen LogP contribution in [0, 0.1) is 0 Å². The molecule has 1 aromatic carbocycles. The maximum absolute atomic E-state index is 13.0. The highest BCUT2D eigenvalue weighted by Crippen LogP contribution is 2.35. The number of fused-ring (bicyclic) bond motifs is 1. The molecule has 1 amide bonds. The van der Waals surface area contributed by atoms with Crippen LogP contribution in [0.5, 0.6) is 0 Å². The average Bonchev–Trinajstić information content (AvgIpc) is 3.28. The number of sulfonamides is 2. The van der Waals surface area contributed by atoms with Crippen molar-refractivity contribution in [3.63, 3.8) is 0 Å². The number of amides is 1. The number of aromatic nitrogens is 2. The van der Waals surface area contributed by atoms with Crippen molar-refractivity contribution in [2.45, 2.75) is 29.0 Å². The molecule has 0 unspecified atom stereocenters. The minimum Gasteiger partial charge on any atom is -0.301 e. The smallest absolute Gasteiger partial charge is 0.293 e. The molecule has 1 aliphatic heterocycles. The number of carbonyl (C=O) groups is 1. The molecule has 13 heteroatoms. The third kappa shape index (κ3) is 3.62. The molecule has 1 aromatic heterocycles. The summed E-state index contributed by atoms with van der Waals surface area (Å²) in [5.41, 5.74) is 1.03. The predicted molar refractivity (Wildman–Crippen MR) is 104 cm³/mol. The number of rotatable bonds is 6. The minimum atomic E-state index is -3.97. The van der Waals surface area contributed by atoms with Crippen LogP contribution in [0.15, 0.2) is 27.4 Å². The summed E-state index contributed by atoms with van der Waals surface area (Å²) in [6, 6.07) is 4.36. The Bertz CT molecular complexity index is 1120. The molecular formula is C15H19N5O5S3. The minimum absolute atomic E-state index is 0.107. The second-order valence-corrected chi connectivity index (χ2v) is 11.3. The van der Waals surface area contributed by atoms with E-state index in [0.717, 1.165) is 15.6 Å². The van der Waals surface area contributed by atoms with Crippen LogP contribution >= 0.6 is 11.3 Å². The molecule has 28 heavy (non-hydrogen) atoms. The Kier molecular flexibility index (Phi) is 5.44. The van der Waals surface area contributed by atoms with Crippen molar-refractivity contribution in [1.29, 1.82) is 0 Å². The number of anilines is 2. The fourth-order valence-electron chi connectivity index (χ4n) is 2.64. The summed E-state index contributed by atoms with van der Waals surface area (Å²) in [5, 5.41) is 9.99. The monoisotopic (exact) mass is 445 g/mol. The molecule has 1 N–H and O–H groups in total. The van der Waals surface area contributed by atoms with E-state index in [1.165, 1.54) is 36.6 Å². The highest BCUT2D eigenvalue weighted by Gasteiger charge is 2.34. The second-order valence-electron chi connectivity index (χ2n) is 6.18. The molecule has 0 saturated heterocycles. The first-order chi connectivity index (χ1) is 13.1. The summed E-state index contributed by atoms with van der Waals surface area (Å²) < 4.78 is 52.5. The van der Waals surface area contributed by atoms with Gasteiger partial charge in [-0.25, -0.2) is 12.7 Å². The van der Waals surface area contributed by atoms with Gasteiger partial charge in [-0.15, -0.1) is 10.2 Å². The second kappa shape index (κ2) is 7.39. The van der Waals surface area contributed by atoms with Crippen LogP contribution in [0.1, 0.15) is 18.9 Å². The van der Waals surface area contributed by atoms with E-state index >= 15 is 0 Å². The first-order valence-corrected chi connectivity index (χ1v) is 12.0. The van der Waals surface area contributed by atoms with Gasteiger partial charge in [-0.2, -0.15) is 8.42 Å². The van der Waals surface area contributed by atoms with Crippen molar-refractivity contribution in [1.82, 2.24) is 14.5 Å². The standard InChI is InChI=1S/C15H19N5O5S3/c1-4-13(21)16-14-17-18-15(26-14)28(24,25)20-8-7-10-9-11(5-6-12(10)20)27(22,23)19(2)3/h5-6,9H,4,7-8H2,1-3H3,(H,16,17,21). The van der Waals surface area contributed by atoms with Crippen LogP contribution in [0.2, 0.25) is 0 Å². The Morgan fingerprint density at radius 2 is 1.96 bits per heavy atom. The van der Waals surface area contributed by atoms with Crippen molar-refractivity contribution in [3.8, 4) is 0 Å². The summed E-state index contributed by atoms with van der Waals surface area (Å²) in [6.45, 7) is 1.83. The van der Waals surface area contributed by atoms with Crippen LogP contribution < -0.4 is 9.62 Å². The third-order valence-corrected chi connectivity index (χ3v) is 8.98. The molecule has 0 saturated carbocycles. The molecule has 10 nitrogen and oxygen atoms in total. The lowest BCUT2D eigenvalue weighted by Gasteiger charge is -2.18. The summed E-state index contributed by atoms with van der Waals surface area (Å²) in [5.74, 6) is -0.291. The Morgan fingerprint density at radius 3 is 2.61 bits per heavy atom. The SMILES string of the molecule is CCC(=O)Nc1nnc(S(=O)(=O)N2CCc3cc(S(=O)(=O)N(C)C)ccc32)s1. The van der Waals surface area contributed by atoms with Gasteiger partial charge in [0.2, 0.25) is 21.1 Å². The van der Waals surface area contributed by atoms with Crippen molar-refractivity contribution in [3.05, 3.63) is 23.8 Å². The number of benzene rings is 1. The highest BCUT2D eigenvalue weighted by atomic mass is 32.2. The fourth-order valence-corrected chi connectivity index (χ4v) is 6.11. The van der Waals surface area contributed by atoms with E-state index in [1.807, 2.05) is 0 Å². The van der Waals surface area contributed by atoms with Crippen molar-refractivity contribution in [2.75, 3.05) is 30.3 Å². The molecule has 0 aliphatic carbocycles. The largest absolute Gasteiger partial charge is 0.301 e. The lowest BCUT2D eigenvalue weighted by molar-refractivity contribution is -0.115. The lowest BCUT2D eigenvalue weighted by atomic mass is 10.2. The van der Waals surface area contributed by atoms with Crippen molar-refractivity contribution >= 4 is 48.1 Å². The van der Waals surface area contributed by atoms with E-state index in [1.54, 1.807) is 6.92 Å². The topological polar surface area (TPSA) is 130 Å². The Hall–Kier alpha value is -2.09. The van der Waals surface area contributed by atoms with Crippen LogP contribution in [0.4, 0.5) is 10.8 Å². The summed E-state index contributed by atoms with van der Waals surface area (Å²) in [6.07, 6.45) is 0.614. The number of hydrogen-bond donors (Lipinski definition) is 1. The molecule has 0 bridgehead atoms. The number of nitrogens with zero attached hydrogens (tertiary/aromatic N) is 4. The van der Waals surface area contributed by atoms with E-state index in [9.17, 15) is 21.6 Å². The van der Waals surface area contributed by atoms with E-state index in [4.69, 9.17) is 0 Å². The van der Waals surface area contributed by atoms with E-state index in [-0.39, 0.29) is 33.2 Å². The maximum atomic E-state index is 13.0. The van der Waals surface area contributed by atoms with Gasteiger partial charge in [0.25, 0.3) is 14.4 Å². The third-order valence-electron chi connectivity index (χ3n) is 4.17. The average molecular weight is 446 g/mol. The van der Waals surface area contributed by atoms with Gasteiger partial charge in [-0.3, -0.25) is 9.10 Å². The van der Waals surface area contributed by atoms with Crippen molar-refractivity contribution < 1.29 is 21.6 Å². The fraction of sp³-hybridized carbons (Fsp3) is 0.400. The van der Waals surface area contributed by atoms with Gasteiger partial charge < -0.3 is 5.32 Å². The van der Waals surface area contributed by atoms with E-state index in [2.05, 4.69) is 15.5 Å². The van der Waals surface area contributed by atoms with Gasteiger partial charge in [-0.05, 0) is 30.2 Å². The zero-order valence-electron chi connectivity index (χ0n) is 15.4. The van der Waals surface area contributed by atoms with Crippen LogP contribution in [0.3, 0.4) is 0 Å². The zero-order valence-corrected chi connectivity index (χ0v) is 17.9. The number of hydrogen-bond acceptors (Lipinski definition) is 8. The molecule has 0 atom stereocenters. The Balaban J connectivity index is 1.92. The Morgan fingerprint density at radius 1 is 1.25 bits per heavy atom. The predicted octanol–water partition coefficient (Wildman–Crippen LogP) is 0.888. The molecular weight excluding hydrogens is 426 g/mol. The number of carbonyl (C=O) groups excluding carboxylic acids is 1.